The molecule has 8 nitrogen and oxygen atoms in total. The number of hydroxylamine groups is 2. The summed E-state index contributed by atoms with van der Waals surface area (Å²) in [4.78, 5) is 17.9. The van der Waals surface area contributed by atoms with Gasteiger partial charge in [0.15, 0.2) is 0 Å². The number of nitriles is 1. The lowest BCUT2D eigenvalue weighted by Gasteiger charge is -2.45. The van der Waals surface area contributed by atoms with Crippen molar-refractivity contribution >= 4 is 17.3 Å². The quantitative estimate of drug-likeness (QED) is 0.606. The molecule has 2 unspecified atom stereocenters. The number of quaternary nitrogens is 1. The number of fused-ring (bicyclic) bond motifs is 5. The number of rotatable bonds is 2. The van der Waals surface area contributed by atoms with E-state index in [9.17, 15) is 15.3 Å². The fourth-order valence-corrected chi connectivity index (χ4v) is 4.35. The molecule has 0 radical (unpaired) electrons. The predicted molar refractivity (Wildman–Crippen MR) is 110 cm³/mol. The topological polar surface area (TPSA) is 107 Å². The van der Waals surface area contributed by atoms with E-state index in [1.165, 1.54) is 13.1 Å². The molecular weight excluding hydrogens is 384 g/mol. The van der Waals surface area contributed by atoms with Gasteiger partial charge in [-0.3, -0.25) is 4.65 Å². The van der Waals surface area contributed by atoms with Gasteiger partial charge in [0.25, 0.3) is 0 Å². The van der Waals surface area contributed by atoms with Crippen LogP contribution in [0, 0.1) is 23.5 Å². The van der Waals surface area contributed by atoms with Crippen molar-refractivity contribution in [3.05, 3.63) is 63.1 Å². The molecule has 0 saturated carbocycles. The molecule has 0 aliphatic carbocycles. The maximum atomic E-state index is 13.4. The zero-order chi connectivity index (χ0) is 21.2. The number of carbonyl (C=O) groups is 1. The first-order chi connectivity index (χ1) is 14.3. The normalized spacial score (nSPS) is 24.8. The predicted octanol–water partition coefficient (Wildman–Crippen LogP) is 2.85. The number of carbonyl (C=O) groups excluding carboxylic acids is 1. The van der Waals surface area contributed by atoms with Gasteiger partial charge in [-0.15, -0.1) is 0 Å². The van der Waals surface area contributed by atoms with Gasteiger partial charge in [-0.05, 0) is 25.5 Å². The van der Waals surface area contributed by atoms with Crippen molar-refractivity contribution in [3.63, 3.8) is 0 Å². The van der Waals surface area contributed by atoms with Crippen LogP contribution in [0.1, 0.15) is 35.1 Å². The maximum absolute atomic E-state index is 13.4. The average Bonchev–Trinajstić information content (AvgIpc) is 2.69. The zero-order valence-corrected chi connectivity index (χ0v) is 16.9. The van der Waals surface area contributed by atoms with Crippen molar-refractivity contribution in [2.75, 3.05) is 25.6 Å². The second kappa shape index (κ2) is 6.37. The molecule has 1 aromatic carbocycles. The third-order valence-corrected chi connectivity index (χ3v) is 6.00. The number of benzene rings is 1. The number of pyridine rings is 1. The zero-order valence-electron chi connectivity index (χ0n) is 16.9. The van der Waals surface area contributed by atoms with Crippen LogP contribution in [-0.2, 0) is 9.53 Å². The molecule has 30 heavy (non-hydrogen) atoms. The van der Waals surface area contributed by atoms with Crippen LogP contribution in [0.15, 0.2) is 35.7 Å². The minimum absolute atomic E-state index is 0.0972. The van der Waals surface area contributed by atoms with Gasteiger partial charge >= 0.3 is 5.91 Å². The Balaban J connectivity index is 1.79. The SMILES string of the molecule is CC1=C2C(=O)[N+](C)([O-])c3cc(C#N)ccc3C2c2c(OC3COC3)ncc(C)c2N1. The molecule has 152 valence electrons. The van der Waals surface area contributed by atoms with Crippen molar-refractivity contribution in [2.45, 2.75) is 25.9 Å². The second-order valence-electron chi connectivity index (χ2n) is 8.02. The number of hydrogen-bond acceptors (Lipinski definition) is 7. The van der Waals surface area contributed by atoms with Crippen molar-refractivity contribution in [1.82, 2.24) is 9.63 Å². The minimum atomic E-state index is -1.20. The fourth-order valence-electron chi connectivity index (χ4n) is 4.35. The van der Waals surface area contributed by atoms with E-state index in [0.29, 0.717) is 41.5 Å². The molecule has 4 heterocycles. The van der Waals surface area contributed by atoms with Gasteiger partial charge in [-0.25, -0.2) is 9.78 Å². The van der Waals surface area contributed by atoms with Crippen LogP contribution in [0.25, 0.3) is 0 Å². The highest BCUT2D eigenvalue weighted by molar-refractivity contribution is 6.09. The maximum Gasteiger partial charge on any atom is 0.349 e. The van der Waals surface area contributed by atoms with Crippen molar-refractivity contribution < 1.29 is 14.3 Å². The molecule has 1 N–H and O–H groups in total. The number of aromatic nitrogens is 1. The number of nitrogens with zero attached hydrogens (tertiary/aromatic N) is 3. The van der Waals surface area contributed by atoms with Gasteiger partial charge in [-0.1, -0.05) is 6.07 Å². The Hall–Kier alpha value is -3.25. The summed E-state index contributed by atoms with van der Waals surface area (Å²) in [7, 11) is 1.31. The second-order valence-corrected chi connectivity index (χ2v) is 8.02. The smallest absolute Gasteiger partial charge is 0.349 e. The first-order valence-corrected chi connectivity index (χ1v) is 9.71. The Labute approximate surface area is 173 Å². The van der Waals surface area contributed by atoms with Gasteiger partial charge in [0.1, 0.15) is 11.8 Å². The van der Waals surface area contributed by atoms with Crippen LogP contribution in [0.2, 0.25) is 0 Å². The Morgan fingerprint density at radius 2 is 2.13 bits per heavy atom. The molecule has 3 aliphatic heterocycles. The monoisotopic (exact) mass is 404 g/mol. The van der Waals surface area contributed by atoms with E-state index >= 15 is 0 Å². The summed E-state index contributed by atoms with van der Waals surface area (Å²) < 4.78 is 10.1. The van der Waals surface area contributed by atoms with Crippen LogP contribution in [-0.4, -0.2) is 37.3 Å². The Morgan fingerprint density at radius 1 is 1.37 bits per heavy atom. The molecule has 2 aromatic rings. The molecule has 5 rings (SSSR count). The summed E-state index contributed by atoms with van der Waals surface area (Å²) in [6.45, 7) is 4.71. The summed E-state index contributed by atoms with van der Waals surface area (Å²) >= 11 is 0. The Kier molecular flexibility index (Phi) is 3.98. The third-order valence-electron chi connectivity index (χ3n) is 6.00. The minimum Gasteiger partial charge on any atom is -0.620 e. The summed E-state index contributed by atoms with van der Waals surface area (Å²) in [6, 6.07) is 7.01. The van der Waals surface area contributed by atoms with Crippen molar-refractivity contribution in [1.29, 1.82) is 5.26 Å². The fraction of sp³-hybridized carbons (Fsp3) is 0.318. The van der Waals surface area contributed by atoms with E-state index in [1.54, 1.807) is 25.3 Å². The van der Waals surface area contributed by atoms with Gasteiger partial charge in [0, 0.05) is 23.5 Å². The number of nitrogens with one attached hydrogen (secondary N) is 1. The van der Waals surface area contributed by atoms with Gasteiger partial charge in [0.2, 0.25) is 5.88 Å². The molecule has 2 atom stereocenters. The molecule has 1 amide bonds. The lowest BCUT2D eigenvalue weighted by Crippen LogP contribution is -2.51. The van der Waals surface area contributed by atoms with Gasteiger partial charge in [0.05, 0.1) is 54.6 Å². The van der Waals surface area contributed by atoms with Crippen LogP contribution in [0.3, 0.4) is 0 Å². The summed E-state index contributed by atoms with van der Waals surface area (Å²) in [6.07, 6.45) is 1.64. The highest BCUT2D eigenvalue weighted by Crippen LogP contribution is 2.53. The number of allylic oxidation sites excluding steroid dienone is 1. The van der Waals surface area contributed by atoms with E-state index in [1.807, 2.05) is 6.92 Å². The highest BCUT2D eigenvalue weighted by Gasteiger charge is 2.48. The summed E-state index contributed by atoms with van der Waals surface area (Å²) in [5, 5.41) is 26.0. The third kappa shape index (κ3) is 2.50. The average molecular weight is 404 g/mol. The molecule has 3 aliphatic rings. The number of hydrogen-bond donors (Lipinski definition) is 1. The molecule has 1 aromatic heterocycles. The first-order valence-electron chi connectivity index (χ1n) is 9.71. The Bertz CT molecular complexity index is 1170. The van der Waals surface area contributed by atoms with Gasteiger partial charge in [-0.2, -0.15) is 5.26 Å². The van der Waals surface area contributed by atoms with E-state index in [2.05, 4.69) is 16.4 Å². The first kappa shape index (κ1) is 18.8. The van der Waals surface area contributed by atoms with Crippen LogP contribution < -0.4 is 14.7 Å². The highest BCUT2D eigenvalue weighted by atomic mass is 16.6. The Morgan fingerprint density at radius 3 is 2.80 bits per heavy atom. The van der Waals surface area contributed by atoms with E-state index in [4.69, 9.17) is 9.47 Å². The summed E-state index contributed by atoms with van der Waals surface area (Å²) in [5.74, 6) is -0.630. The van der Waals surface area contributed by atoms with E-state index < -0.39 is 16.5 Å². The molecule has 1 fully saturated rings. The molecular formula is C22H20N4O4. The molecule has 8 heteroatoms. The van der Waals surface area contributed by atoms with Gasteiger partial charge < -0.3 is 20.0 Å². The van der Waals surface area contributed by atoms with Crippen molar-refractivity contribution in [3.8, 4) is 11.9 Å². The summed E-state index contributed by atoms with van der Waals surface area (Å²) in [5.41, 5.74) is 4.81. The largest absolute Gasteiger partial charge is 0.620 e. The lowest BCUT2D eigenvalue weighted by molar-refractivity contribution is -0.124. The van der Waals surface area contributed by atoms with Crippen LogP contribution in [0.4, 0.5) is 11.4 Å². The lowest BCUT2D eigenvalue weighted by atomic mass is 9.76. The van der Waals surface area contributed by atoms with Crippen LogP contribution >= 0.6 is 0 Å². The molecule has 0 bridgehead atoms. The van der Waals surface area contributed by atoms with E-state index in [0.717, 1.165) is 16.8 Å². The number of ether oxygens (including phenoxy) is 2. The standard InChI is InChI=1S/C22H20N4O4/c1-11-8-24-21(30-14-9-29-10-14)19-18-15-5-4-13(7-23)6-16(15)26(3,28)22(27)17(18)12(2)25-20(11)19/h4-6,8,14,18,25H,9-10H2,1-3H3. The molecule has 1 saturated heterocycles. The number of aryl methyl sites for hydroxylation is 1. The van der Waals surface area contributed by atoms with Crippen molar-refractivity contribution in [2.24, 2.45) is 0 Å². The number of anilines is 1. The number of amides is 1. The van der Waals surface area contributed by atoms with Crippen LogP contribution in [0.5, 0.6) is 5.88 Å². The number of likely N-dealkylation sites (N-methyl/N-ethyl adjacent to an activating group) is 1. The molecule has 0 spiro atoms. The van der Waals surface area contributed by atoms with E-state index in [-0.39, 0.29) is 11.8 Å².